The highest BCUT2D eigenvalue weighted by Crippen LogP contribution is 2.28. The summed E-state index contributed by atoms with van der Waals surface area (Å²) in [5, 5.41) is 34.9. The number of anilines is 1. The van der Waals surface area contributed by atoms with Crippen molar-refractivity contribution in [2.45, 2.75) is 147 Å². The van der Waals surface area contributed by atoms with Gasteiger partial charge < -0.3 is 30.7 Å². The molecule has 1 aromatic rings. The highest BCUT2D eigenvalue weighted by atomic mass is 32.2. The number of hydrogen-bond donors (Lipinski definition) is 5. The number of aliphatic hydroxyl groups is 3. The number of nitrogens with one attached hydrogen (secondary N) is 2. The lowest BCUT2D eigenvalue weighted by Gasteiger charge is -2.19. The molecule has 0 radical (unpaired) electrons. The molecule has 0 saturated carbocycles. The molecule has 5 N–H and O–H groups in total. The zero-order valence-electron chi connectivity index (χ0n) is 26.8. The van der Waals surface area contributed by atoms with Crippen LogP contribution in [0.1, 0.15) is 122 Å². The summed E-state index contributed by atoms with van der Waals surface area (Å²) >= 11 is 1.56. The Morgan fingerprint density at radius 3 is 2.02 bits per heavy atom. The maximum Gasteiger partial charge on any atom is 0.351 e. The van der Waals surface area contributed by atoms with Crippen LogP contribution >= 0.6 is 11.8 Å². The van der Waals surface area contributed by atoms with Crippen molar-refractivity contribution in [3.8, 4) is 0 Å². The van der Waals surface area contributed by atoms with Crippen molar-refractivity contribution < 1.29 is 29.6 Å². The molecule has 2 rings (SSSR count). The number of unbranched alkanes of at least 4 members (excludes halogenated alkanes) is 14. The van der Waals surface area contributed by atoms with E-state index in [1.807, 2.05) is 6.26 Å². The summed E-state index contributed by atoms with van der Waals surface area (Å²) in [7, 11) is 0. The molecule has 0 unspecified atom stereocenters. The van der Waals surface area contributed by atoms with Crippen LogP contribution in [0.4, 0.5) is 5.82 Å². The molecule has 5 atom stereocenters. The Balaban J connectivity index is 1.67. The predicted octanol–water partition coefficient (Wildman–Crippen LogP) is 4.29. The summed E-state index contributed by atoms with van der Waals surface area (Å²) in [5.74, 6) is 0.0152. The molecule has 44 heavy (non-hydrogen) atoms. The van der Waals surface area contributed by atoms with E-state index in [4.69, 9.17) is 4.74 Å². The second-order valence-electron chi connectivity index (χ2n) is 11.8. The number of ether oxygens (including phenoxy) is 1. The quantitative estimate of drug-likeness (QED) is 0.104. The van der Waals surface area contributed by atoms with Gasteiger partial charge in [-0.1, -0.05) is 96.8 Å². The zero-order valence-corrected chi connectivity index (χ0v) is 27.6. The SMILES string of the molecule is CCCCCCCCCCCCCCCCCC(=O)N[C@@H](CCSC)C(=O)Nc1ccn([C@H]2O[C@@H](CO)[C@H](O)[C@H]2O)c(=O)n1. The second-order valence-corrected chi connectivity index (χ2v) is 12.8. The first-order chi connectivity index (χ1) is 21.3. The Morgan fingerprint density at radius 2 is 1.52 bits per heavy atom. The van der Waals surface area contributed by atoms with Gasteiger partial charge >= 0.3 is 5.69 Å². The topological polar surface area (TPSA) is 163 Å². The lowest BCUT2D eigenvalue weighted by atomic mass is 10.0. The van der Waals surface area contributed by atoms with E-state index in [9.17, 15) is 29.7 Å². The Morgan fingerprint density at radius 1 is 0.955 bits per heavy atom. The van der Waals surface area contributed by atoms with Gasteiger partial charge in [0.2, 0.25) is 11.8 Å². The number of carbonyl (C=O) groups is 2. The van der Waals surface area contributed by atoms with Crippen LogP contribution in [0.5, 0.6) is 0 Å². The molecule has 1 aromatic heterocycles. The van der Waals surface area contributed by atoms with Gasteiger partial charge in [-0.2, -0.15) is 16.7 Å². The van der Waals surface area contributed by atoms with Gasteiger partial charge in [0, 0.05) is 12.6 Å². The van der Waals surface area contributed by atoms with E-state index in [0.29, 0.717) is 18.6 Å². The highest BCUT2D eigenvalue weighted by molar-refractivity contribution is 7.98. The van der Waals surface area contributed by atoms with Crippen LogP contribution in [0, 0.1) is 0 Å². The number of thioether (sulfide) groups is 1. The lowest BCUT2D eigenvalue weighted by molar-refractivity contribution is -0.126. The van der Waals surface area contributed by atoms with Crippen molar-refractivity contribution in [2.75, 3.05) is 23.9 Å². The van der Waals surface area contributed by atoms with Crippen molar-refractivity contribution in [3.63, 3.8) is 0 Å². The second kappa shape index (κ2) is 22.5. The molecular weight excluding hydrogens is 584 g/mol. The first-order valence-corrected chi connectivity index (χ1v) is 18.0. The molecule has 1 fully saturated rings. The number of aliphatic hydroxyl groups excluding tert-OH is 3. The third kappa shape index (κ3) is 14.0. The normalized spacial score (nSPS) is 20.5. The van der Waals surface area contributed by atoms with Gasteiger partial charge in [0.15, 0.2) is 6.23 Å². The van der Waals surface area contributed by atoms with E-state index in [-0.39, 0.29) is 11.7 Å². The lowest BCUT2D eigenvalue weighted by Crippen LogP contribution is -2.44. The van der Waals surface area contributed by atoms with E-state index < -0.39 is 48.8 Å². The van der Waals surface area contributed by atoms with Gasteiger partial charge in [0.05, 0.1) is 6.61 Å². The smallest absolute Gasteiger partial charge is 0.351 e. The number of nitrogens with zero attached hydrogens (tertiary/aromatic N) is 2. The number of rotatable bonds is 24. The van der Waals surface area contributed by atoms with Crippen molar-refractivity contribution in [1.29, 1.82) is 0 Å². The van der Waals surface area contributed by atoms with Crippen LogP contribution in [0.15, 0.2) is 17.1 Å². The molecule has 0 bridgehead atoms. The fourth-order valence-corrected chi connectivity index (χ4v) is 5.90. The molecule has 0 aromatic carbocycles. The van der Waals surface area contributed by atoms with Gasteiger partial charge in [-0.15, -0.1) is 0 Å². The molecule has 2 heterocycles. The van der Waals surface area contributed by atoms with E-state index >= 15 is 0 Å². The number of amides is 2. The Bertz CT molecular complexity index is 1010. The predicted molar refractivity (Wildman–Crippen MR) is 175 cm³/mol. The Hall–Kier alpha value is -1.99. The first-order valence-electron chi connectivity index (χ1n) is 16.6. The van der Waals surface area contributed by atoms with Crippen LogP contribution in [0.2, 0.25) is 0 Å². The minimum absolute atomic E-state index is 0.00574. The first kappa shape index (κ1) is 38.2. The minimum atomic E-state index is -1.43. The van der Waals surface area contributed by atoms with Gasteiger partial charge in [0.1, 0.15) is 30.2 Å². The molecule has 252 valence electrons. The van der Waals surface area contributed by atoms with Crippen molar-refractivity contribution in [3.05, 3.63) is 22.7 Å². The third-order valence-electron chi connectivity index (χ3n) is 8.14. The Kier molecular flexibility index (Phi) is 19.5. The molecule has 1 aliphatic rings. The molecular formula is C32H56N4O7S. The van der Waals surface area contributed by atoms with Crippen LogP contribution in [0.25, 0.3) is 0 Å². The fourth-order valence-electron chi connectivity index (χ4n) is 5.43. The third-order valence-corrected chi connectivity index (χ3v) is 8.79. The average molecular weight is 641 g/mol. The highest BCUT2D eigenvalue weighted by Gasteiger charge is 2.43. The van der Waals surface area contributed by atoms with Gasteiger partial charge in [-0.05, 0) is 30.9 Å². The summed E-state index contributed by atoms with van der Waals surface area (Å²) in [5.41, 5.74) is -0.810. The molecule has 1 saturated heterocycles. The van der Waals surface area contributed by atoms with Crippen LogP contribution < -0.4 is 16.3 Å². The minimum Gasteiger partial charge on any atom is -0.394 e. The van der Waals surface area contributed by atoms with E-state index in [2.05, 4.69) is 22.5 Å². The average Bonchev–Trinajstić information content (AvgIpc) is 3.29. The molecule has 1 aliphatic heterocycles. The standard InChI is InChI=1S/C32H56N4O7S/c1-3-4-5-6-7-8-9-10-11-12-13-14-15-16-17-18-27(38)33-24(20-22-44-2)30(41)34-26-19-21-36(32(42)35-26)31-29(40)28(39)25(23-37)43-31/h19,21,24-25,28-29,31,37,39-40H,3-18,20,22-23H2,1-2H3,(H,33,38)(H,34,35,41,42)/t24-,25-,28-,29+,31-/m0/s1. The molecule has 0 aliphatic carbocycles. The molecule has 2 amide bonds. The van der Waals surface area contributed by atoms with Crippen LogP contribution in [-0.2, 0) is 14.3 Å². The van der Waals surface area contributed by atoms with Gasteiger partial charge in [0.25, 0.3) is 0 Å². The van der Waals surface area contributed by atoms with Crippen molar-refractivity contribution >= 4 is 29.4 Å². The van der Waals surface area contributed by atoms with Gasteiger partial charge in [-0.3, -0.25) is 14.2 Å². The summed E-state index contributed by atoms with van der Waals surface area (Å²) in [6.45, 7) is 1.73. The summed E-state index contributed by atoms with van der Waals surface area (Å²) in [6.07, 6.45) is 17.8. The molecule has 0 spiro atoms. The number of hydrogen-bond acceptors (Lipinski definition) is 9. The maximum absolute atomic E-state index is 13.0. The van der Waals surface area contributed by atoms with E-state index in [0.717, 1.165) is 23.8 Å². The summed E-state index contributed by atoms with van der Waals surface area (Å²) in [4.78, 5) is 42.0. The molecule has 11 nitrogen and oxygen atoms in total. The fraction of sp³-hybridized carbons (Fsp3) is 0.812. The summed E-state index contributed by atoms with van der Waals surface area (Å²) < 4.78 is 6.37. The molecule has 12 heteroatoms. The van der Waals surface area contributed by atoms with Crippen molar-refractivity contribution in [2.24, 2.45) is 0 Å². The monoisotopic (exact) mass is 640 g/mol. The van der Waals surface area contributed by atoms with Gasteiger partial charge in [-0.25, -0.2) is 4.79 Å². The van der Waals surface area contributed by atoms with E-state index in [1.165, 1.54) is 89.3 Å². The largest absolute Gasteiger partial charge is 0.394 e. The van der Waals surface area contributed by atoms with Crippen LogP contribution in [-0.4, -0.2) is 79.7 Å². The van der Waals surface area contributed by atoms with Crippen molar-refractivity contribution in [1.82, 2.24) is 14.9 Å². The maximum atomic E-state index is 13.0. The Labute approximate surface area is 266 Å². The summed E-state index contributed by atoms with van der Waals surface area (Å²) in [6, 6.07) is 0.604. The number of carbonyl (C=O) groups excluding carboxylic acids is 2. The zero-order chi connectivity index (χ0) is 32.2. The number of aromatic nitrogens is 2. The van der Waals surface area contributed by atoms with E-state index in [1.54, 1.807) is 11.8 Å². The van der Waals surface area contributed by atoms with Crippen LogP contribution in [0.3, 0.4) is 0 Å².